The van der Waals surface area contributed by atoms with Crippen molar-refractivity contribution in [1.82, 2.24) is 9.80 Å². The second kappa shape index (κ2) is 6.17. The lowest BCUT2D eigenvalue weighted by Gasteiger charge is -2.33. The van der Waals surface area contributed by atoms with Crippen molar-refractivity contribution in [1.29, 1.82) is 0 Å². The van der Waals surface area contributed by atoms with Gasteiger partial charge in [-0.3, -0.25) is 9.69 Å². The van der Waals surface area contributed by atoms with E-state index in [0.717, 1.165) is 22.9 Å². The highest BCUT2D eigenvalue weighted by molar-refractivity contribution is 9.10. The Hall–Kier alpha value is -1.37. The van der Waals surface area contributed by atoms with Gasteiger partial charge in [-0.05, 0) is 18.2 Å². The average Bonchev–Trinajstić information content (AvgIpc) is 2.93. The molecule has 112 valence electrons. The molecule has 1 aromatic carbocycles. The first kappa shape index (κ1) is 14.6. The molecule has 3 rings (SSSR count). The highest BCUT2D eigenvalue weighted by Crippen LogP contribution is 2.27. The highest BCUT2D eigenvalue weighted by atomic mass is 79.9. The number of β-amino-alcohol motifs (C(OH)–C–C–N with tert-alkyl or cyclic N) is 1. The minimum absolute atomic E-state index is 0.0678. The summed E-state index contributed by atoms with van der Waals surface area (Å²) in [5, 5.41) is 9.85. The van der Waals surface area contributed by atoms with Crippen LogP contribution >= 0.6 is 15.9 Å². The van der Waals surface area contributed by atoms with Crippen LogP contribution in [0.15, 0.2) is 33.2 Å². The van der Waals surface area contributed by atoms with E-state index in [2.05, 4.69) is 20.8 Å². The van der Waals surface area contributed by atoms with Gasteiger partial charge in [0.2, 0.25) is 0 Å². The third-order valence-corrected chi connectivity index (χ3v) is 4.49. The molecule has 1 amide bonds. The van der Waals surface area contributed by atoms with E-state index >= 15 is 0 Å². The Morgan fingerprint density at radius 1 is 1.29 bits per heavy atom. The van der Waals surface area contributed by atoms with E-state index in [4.69, 9.17) is 9.52 Å². The molecule has 0 radical (unpaired) electrons. The van der Waals surface area contributed by atoms with E-state index in [1.807, 2.05) is 18.2 Å². The van der Waals surface area contributed by atoms with Gasteiger partial charge in [-0.2, -0.15) is 0 Å². The van der Waals surface area contributed by atoms with Crippen LogP contribution in [0.4, 0.5) is 0 Å². The SMILES string of the molecule is O=C(c1cc2c(Br)cccc2o1)N1CCN(CCO)CC1. The fourth-order valence-corrected chi connectivity index (χ4v) is 3.07. The molecule has 1 N–H and O–H groups in total. The number of amides is 1. The number of piperazine rings is 1. The zero-order valence-electron chi connectivity index (χ0n) is 11.6. The molecule has 0 unspecified atom stereocenters. The van der Waals surface area contributed by atoms with Crippen molar-refractivity contribution in [3.63, 3.8) is 0 Å². The molecule has 0 spiro atoms. The van der Waals surface area contributed by atoms with Crippen LogP contribution in [0.25, 0.3) is 11.0 Å². The fourth-order valence-electron chi connectivity index (χ4n) is 2.60. The standard InChI is InChI=1S/C15H17BrN2O3/c16-12-2-1-3-13-11(12)10-14(21-13)15(20)18-6-4-17(5-7-18)8-9-19/h1-3,10,19H,4-9H2. The number of hydrogen-bond donors (Lipinski definition) is 1. The predicted molar refractivity (Wildman–Crippen MR) is 83.3 cm³/mol. The Morgan fingerprint density at radius 2 is 2.05 bits per heavy atom. The van der Waals surface area contributed by atoms with E-state index in [-0.39, 0.29) is 12.5 Å². The van der Waals surface area contributed by atoms with Gasteiger partial charge >= 0.3 is 0 Å². The summed E-state index contributed by atoms with van der Waals surface area (Å²) in [6.07, 6.45) is 0. The molecule has 0 saturated carbocycles. The maximum absolute atomic E-state index is 12.5. The number of hydrogen-bond acceptors (Lipinski definition) is 4. The van der Waals surface area contributed by atoms with Gasteiger partial charge in [-0.1, -0.05) is 22.0 Å². The average molecular weight is 353 g/mol. The zero-order chi connectivity index (χ0) is 14.8. The Kier molecular flexibility index (Phi) is 4.28. The Bertz CT molecular complexity index is 647. The van der Waals surface area contributed by atoms with Crippen LogP contribution in [0, 0.1) is 0 Å². The van der Waals surface area contributed by atoms with Gasteiger partial charge in [-0.15, -0.1) is 0 Å². The number of carbonyl (C=O) groups is 1. The molecule has 0 atom stereocenters. The topological polar surface area (TPSA) is 56.9 Å². The van der Waals surface area contributed by atoms with Crippen LogP contribution in [-0.2, 0) is 0 Å². The largest absolute Gasteiger partial charge is 0.451 e. The van der Waals surface area contributed by atoms with Gasteiger partial charge in [-0.25, -0.2) is 0 Å². The molecule has 2 aromatic rings. The first-order valence-corrected chi connectivity index (χ1v) is 7.79. The van der Waals surface area contributed by atoms with E-state index in [0.29, 0.717) is 31.0 Å². The number of fused-ring (bicyclic) bond motifs is 1. The predicted octanol–water partition coefficient (Wildman–Crippen LogP) is 1.95. The van der Waals surface area contributed by atoms with Crippen molar-refractivity contribution < 1.29 is 14.3 Å². The summed E-state index contributed by atoms with van der Waals surface area (Å²) < 4.78 is 6.59. The van der Waals surface area contributed by atoms with E-state index < -0.39 is 0 Å². The molecule has 1 fully saturated rings. The van der Waals surface area contributed by atoms with Gasteiger partial charge in [0.1, 0.15) is 5.58 Å². The molecular formula is C15H17BrN2O3. The summed E-state index contributed by atoms with van der Waals surface area (Å²) in [7, 11) is 0. The van der Waals surface area contributed by atoms with Gasteiger partial charge < -0.3 is 14.4 Å². The third kappa shape index (κ3) is 2.97. The smallest absolute Gasteiger partial charge is 0.289 e. The van der Waals surface area contributed by atoms with Gasteiger partial charge in [0.05, 0.1) is 6.61 Å². The zero-order valence-corrected chi connectivity index (χ0v) is 13.2. The molecule has 6 heteroatoms. The molecule has 0 aliphatic carbocycles. The van der Waals surface area contributed by atoms with Crippen molar-refractivity contribution in [2.75, 3.05) is 39.3 Å². The minimum atomic E-state index is -0.0678. The van der Waals surface area contributed by atoms with Crippen molar-refractivity contribution in [3.05, 3.63) is 34.5 Å². The van der Waals surface area contributed by atoms with Gasteiger partial charge in [0.15, 0.2) is 5.76 Å². The molecular weight excluding hydrogens is 336 g/mol. The molecule has 21 heavy (non-hydrogen) atoms. The minimum Gasteiger partial charge on any atom is -0.451 e. The van der Waals surface area contributed by atoms with Crippen molar-refractivity contribution in [3.8, 4) is 0 Å². The Labute approximate surface area is 131 Å². The Balaban J connectivity index is 1.74. The lowest BCUT2D eigenvalue weighted by Crippen LogP contribution is -2.49. The molecule has 0 bridgehead atoms. The van der Waals surface area contributed by atoms with E-state index in [1.165, 1.54) is 0 Å². The highest BCUT2D eigenvalue weighted by Gasteiger charge is 2.24. The van der Waals surface area contributed by atoms with Crippen molar-refractivity contribution in [2.24, 2.45) is 0 Å². The number of rotatable bonds is 3. The summed E-state index contributed by atoms with van der Waals surface area (Å²) in [5.41, 5.74) is 0.714. The number of furan rings is 1. The summed E-state index contributed by atoms with van der Waals surface area (Å²) >= 11 is 3.47. The summed E-state index contributed by atoms with van der Waals surface area (Å²) in [5.74, 6) is 0.314. The number of aliphatic hydroxyl groups excluding tert-OH is 1. The summed E-state index contributed by atoms with van der Waals surface area (Å²) in [6.45, 7) is 3.73. The number of aliphatic hydroxyl groups is 1. The van der Waals surface area contributed by atoms with Gasteiger partial charge in [0, 0.05) is 42.6 Å². The second-order valence-corrected chi connectivity index (χ2v) is 5.97. The first-order valence-electron chi connectivity index (χ1n) is 6.99. The third-order valence-electron chi connectivity index (χ3n) is 3.79. The number of nitrogens with zero attached hydrogens (tertiary/aromatic N) is 2. The molecule has 1 aromatic heterocycles. The van der Waals surface area contributed by atoms with E-state index in [9.17, 15) is 4.79 Å². The normalized spacial score (nSPS) is 16.6. The second-order valence-electron chi connectivity index (χ2n) is 5.12. The number of halogens is 1. The van der Waals surface area contributed by atoms with Crippen LogP contribution in [0.5, 0.6) is 0 Å². The van der Waals surface area contributed by atoms with Crippen molar-refractivity contribution in [2.45, 2.75) is 0 Å². The molecule has 5 nitrogen and oxygen atoms in total. The number of benzene rings is 1. The molecule has 1 saturated heterocycles. The Morgan fingerprint density at radius 3 is 2.71 bits per heavy atom. The molecule has 2 heterocycles. The summed E-state index contributed by atoms with van der Waals surface area (Å²) in [4.78, 5) is 16.5. The van der Waals surface area contributed by atoms with Crippen LogP contribution in [-0.4, -0.2) is 60.1 Å². The van der Waals surface area contributed by atoms with Crippen LogP contribution in [0.2, 0.25) is 0 Å². The quantitative estimate of drug-likeness (QED) is 0.917. The van der Waals surface area contributed by atoms with Crippen LogP contribution in [0.3, 0.4) is 0 Å². The van der Waals surface area contributed by atoms with Gasteiger partial charge in [0.25, 0.3) is 5.91 Å². The van der Waals surface area contributed by atoms with Crippen LogP contribution < -0.4 is 0 Å². The molecule has 1 aliphatic heterocycles. The lowest BCUT2D eigenvalue weighted by molar-refractivity contribution is 0.0587. The lowest BCUT2D eigenvalue weighted by atomic mass is 10.2. The van der Waals surface area contributed by atoms with Crippen molar-refractivity contribution >= 4 is 32.8 Å². The maximum Gasteiger partial charge on any atom is 0.289 e. The number of carbonyl (C=O) groups excluding carboxylic acids is 1. The van der Waals surface area contributed by atoms with E-state index in [1.54, 1.807) is 11.0 Å². The fraction of sp³-hybridized carbons (Fsp3) is 0.400. The summed E-state index contributed by atoms with van der Waals surface area (Å²) in [6, 6.07) is 7.47. The monoisotopic (exact) mass is 352 g/mol. The van der Waals surface area contributed by atoms with Crippen LogP contribution in [0.1, 0.15) is 10.6 Å². The molecule has 1 aliphatic rings. The first-order chi connectivity index (χ1) is 10.2. The maximum atomic E-state index is 12.5.